The van der Waals surface area contributed by atoms with Crippen molar-refractivity contribution in [3.8, 4) is 11.5 Å². The van der Waals surface area contributed by atoms with Gasteiger partial charge >= 0.3 is 6.09 Å². The van der Waals surface area contributed by atoms with Crippen LogP contribution < -0.4 is 19.7 Å². The molecule has 234 valence electrons. The van der Waals surface area contributed by atoms with E-state index in [1.165, 1.54) is 6.20 Å². The highest BCUT2D eigenvalue weighted by Crippen LogP contribution is 2.39. The molecule has 0 bridgehead atoms. The number of benzene rings is 2. The molecule has 1 N–H and O–H groups in total. The number of anilines is 1. The number of aromatic nitrogens is 2. The molecule has 2 saturated heterocycles. The summed E-state index contributed by atoms with van der Waals surface area (Å²) >= 11 is 0. The normalized spacial score (nSPS) is 20.6. The number of hydrogen-bond donors (Lipinski definition) is 1. The van der Waals surface area contributed by atoms with Gasteiger partial charge in [-0.2, -0.15) is 0 Å². The summed E-state index contributed by atoms with van der Waals surface area (Å²) in [7, 11) is 0. The number of hydrogen-bond acceptors (Lipinski definition) is 8. The molecule has 9 nitrogen and oxygen atoms in total. The zero-order chi connectivity index (χ0) is 31.1. The predicted octanol–water partition coefficient (Wildman–Crippen LogP) is 5.79. The molecule has 3 heterocycles. The third kappa shape index (κ3) is 6.60. The van der Waals surface area contributed by atoms with Crippen molar-refractivity contribution in [3.05, 3.63) is 77.4 Å². The van der Waals surface area contributed by atoms with E-state index in [0.717, 1.165) is 56.0 Å². The number of alkyl carbamates (subject to hydrolysis) is 1. The second-order valence-electron chi connectivity index (χ2n) is 13.8. The fourth-order valence-electron chi connectivity index (χ4n) is 5.81. The summed E-state index contributed by atoms with van der Waals surface area (Å²) in [5.74, 6) is 1.50. The highest BCUT2D eigenvalue weighted by Gasteiger charge is 2.50. The van der Waals surface area contributed by atoms with Gasteiger partial charge in [0.2, 0.25) is 5.95 Å². The zero-order valence-electron chi connectivity index (χ0n) is 26.1. The molecule has 6 rings (SSSR count). The fraction of sp³-hybridized carbons (Fsp3) is 0.500. The minimum Gasteiger partial charge on any atom is -0.490 e. The summed E-state index contributed by atoms with van der Waals surface area (Å²) in [6.07, 6.45) is 2.40. The highest BCUT2D eigenvalue weighted by atomic mass is 19.1. The Balaban J connectivity index is 0.993. The molecule has 1 amide bonds. The van der Waals surface area contributed by atoms with Crippen LogP contribution in [-0.4, -0.2) is 60.1 Å². The molecule has 0 unspecified atom stereocenters. The Morgan fingerprint density at radius 2 is 1.61 bits per heavy atom. The summed E-state index contributed by atoms with van der Waals surface area (Å²) in [6.45, 7) is 13.1. The maximum absolute atomic E-state index is 14.5. The molecule has 10 heteroatoms. The van der Waals surface area contributed by atoms with E-state index in [1.54, 1.807) is 0 Å². The minimum absolute atomic E-state index is 0.0203. The van der Waals surface area contributed by atoms with Crippen molar-refractivity contribution >= 4 is 12.0 Å². The van der Waals surface area contributed by atoms with Gasteiger partial charge in [0.05, 0.1) is 24.8 Å². The summed E-state index contributed by atoms with van der Waals surface area (Å²) < 4.78 is 37.1. The topological polar surface area (TPSA) is 95.0 Å². The first-order valence-electron chi connectivity index (χ1n) is 15.2. The number of amides is 1. The van der Waals surface area contributed by atoms with Crippen LogP contribution in [-0.2, 0) is 21.5 Å². The first kappa shape index (κ1) is 30.1. The van der Waals surface area contributed by atoms with Crippen LogP contribution in [0.1, 0.15) is 64.3 Å². The van der Waals surface area contributed by atoms with Crippen molar-refractivity contribution in [2.24, 2.45) is 5.41 Å². The highest BCUT2D eigenvalue weighted by molar-refractivity contribution is 5.68. The van der Waals surface area contributed by atoms with E-state index in [9.17, 15) is 9.18 Å². The van der Waals surface area contributed by atoms with Gasteiger partial charge in [-0.25, -0.2) is 19.2 Å². The Hall–Kier alpha value is -3.92. The number of rotatable bonds is 9. The number of nitrogens with zero attached hydrogens (tertiary/aromatic N) is 3. The van der Waals surface area contributed by atoms with Gasteiger partial charge in [-0.1, -0.05) is 38.1 Å². The molecule has 0 radical (unpaired) electrons. The van der Waals surface area contributed by atoms with Gasteiger partial charge in [-0.3, -0.25) is 0 Å². The van der Waals surface area contributed by atoms with Crippen molar-refractivity contribution in [2.45, 2.75) is 77.2 Å². The SMILES string of the molecule is CC(C)(C)OC(=O)NC1CC(Oc2ccc(C(C)(C)c3ccc(OCc4nc(N5CC6(COC6)C5)ncc4F)cc3)cc2)C1. The quantitative estimate of drug-likeness (QED) is 0.328. The molecule has 0 atom stereocenters. The Morgan fingerprint density at radius 1 is 1.00 bits per heavy atom. The smallest absolute Gasteiger partial charge is 0.407 e. The van der Waals surface area contributed by atoms with Crippen LogP contribution in [0.4, 0.5) is 15.1 Å². The Labute approximate surface area is 258 Å². The predicted molar refractivity (Wildman–Crippen MR) is 164 cm³/mol. The van der Waals surface area contributed by atoms with E-state index in [4.69, 9.17) is 18.9 Å². The minimum atomic E-state index is -0.511. The van der Waals surface area contributed by atoms with E-state index < -0.39 is 11.4 Å². The lowest BCUT2D eigenvalue weighted by Crippen LogP contribution is -2.66. The molecular formula is C34H41FN4O5. The number of nitrogens with one attached hydrogen (secondary N) is 1. The first-order chi connectivity index (χ1) is 20.9. The molecular weight excluding hydrogens is 563 g/mol. The van der Waals surface area contributed by atoms with Crippen molar-refractivity contribution < 1.29 is 28.1 Å². The number of carbonyl (C=O) groups excluding carboxylic acids is 1. The molecule has 1 saturated carbocycles. The van der Waals surface area contributed by atoms with Crippen molar-refractivity contribution in [2.75, 3.05) is 31.2 Å². The van der Waals surface area contributed by atoms with Gasteiger partial charge in [-0.15, -0.1) is 0 Å². The lowest BCUT2D eigenvalue weighted by atomic mass is 9.78. The van der Waals surface area contributed by atoms with E-state index in [-0.39, 0.29) is 41.4 Å². The lowest BCUT2D eigenvalue weighted by molar-refractivity contribution is -0.127. The number of ether oxygens (including phenoxy) is 4. The van der Waals surface area contributed by atoms with Crippen molar-refractivity contribution in [1.82, 2.24) is 15.3 Å². The first-order valence-corrected chi connectivity index (χ1v) is 15.2. The molecule has 2 aliphatic heterocycles. The molecule has 3 fully saturated rings. The largest absolute Gasteiger partial charge is 0.490 e. The van der Waals surface area contributed by atoms with Crippen LogP contribution in [0.3, 0.4) is 0 Å². The lowest BCUT2D eigenvalue weighted by Gasteiger charge is -2.54. The van der Waals surface area contributed by atoms with Gasteiger partial charge < -0.3 is 29.2 Å². The third-order valence-corrected chi connectivity index (χ3v) is 8.60. The van der Waals surface area contributed by atoms with Gasteiger partial charge in [-0.05, 0) is 56.2 Å². The monoisotopic (exact) mass is 604 g/mol. The maximum Gasteiger partial charge on any atom is 0.407 e. The zero-order valence-corrected chi connectivity index (χ0v) is 26.1. The standard InChI is InChI=1S/C34H41FN4O5/c1-32(2,3)44-31(40)37-24-14-27(15-24)43-26-12-8-23(9-13-26)33(4,5)22-6-10-25(11-7-22)42-17-29-28(35)16-36-30(38-29)39-18-34(19-39)20-41-21-34/h6-13,16,24,27H,14-15,17-21H2,1-5H3,(H,37,40). The third-order valence-electron chi connectivity index (χ3n) is 8.60. The molecule has 1 spiro atoms. The van der Waals surface area contributed by atoms with Crippen LogP contribution in [0.5, 0.6) is 11.5 Å². The summed E-state index contributed by atoms with van der Waals surface area (Å²) in [4.78, 5) is 22.6. The van der Waals surface area contributed by atoms with E-state index in [2.05, 4.69) is 46.2 Å². The van der Waals surface area contributed by atoms with Crippen LogP contribution in [0.2, 0.25) is 0 Å². The Kier molecular flexibility index (Phi) is 7.90. The maximum atomic E-state index is 14.5. The Morgan fingerprint density at radius 3 is 2.18 bits per heavy atom. The second-order valence-corrected chi connectivity index (χ2v) is 13.8. The average molecular weight is 605 g/mol. The van der Waals surface area contributed by atoms with Gasteiger partial charge in [0, 0.05) is 37.4 Å². The summed E-state index contributed by atoms with van der Waals surface area (Å²) in [5.41, 5.74) is 1.96. The molecule has 2 aromatic carbocycles. The van der Waals surface area contributed by atoms with Crippen molar-refractivity contribution in [3.63, 3.8) is 0 Å². The molecule has 1 aliphatic carbocycles. The molecule has 1 aromatic heterocycles. The van der Waals surface area contributed by atoms with Crippen LogP contribution in [0.15, 0.2) is 54.7 Å². The fourth-order valence-corrected chi connectivity index (χ4v) is 5.81. The summed E-state index contributed by atoms with van der Waals surface area (Å²) in [5, 5.41) is 2.90. The number of carbonyl (C=O) groups is 1. The van der Waals surface area contributed by atoms with Gasteiger partial charge in [0.25, 0.3) is 0 Å². The van der Waals surface area contributed by atoms with Gasteiger partial charge in [0.1, 0.15) is 35.5 Å². The molecule has 44 heavy (non-hydrogen) atoms. The second kappa shape index (κ2) is 11.5. The Bertz CT molecular complexity index is 1470. The van der Waals surface area contributed by atoms with Crippen LogP contribution in [0, 0.1) is 11.2 Å². The summed E-state index contributed by atoms with van der Waals surface area (Å²) in [6, 6.07) is 16.1. The average Bonchev–Trinajstić information content (AvgIpc) is 2.90. The van der Waals surface area contributed by atoms with E-state index in [1.807, 2.05) is 57.2 Å². The van der Waals surface area contributed by atoms with Crippen LogP contribution >= 0.6 is 0 Å². The molecule has 3 aromatic rings. The van der Waals surface area contributed by atoms with Gasteiger partial charge in [0.15, 0.2) is 5.82 Å². The number of halogens is 1. The molecule has 3 aliphatic rings. The van der Waals surface area contributed by atoms with Crippen molar-refractivity contribution in [1.29, 1.82) is 0 Å². The van der Waals surface area contributed by atoms with E-state index >= 15 is 0 Å². The van der Waals surface area contributed by atoms with E-state index in [0.29, 0.717) is 11.7 Å². The van der Waals surface area contributed by atoms with Crippen LogP contribution in [0.25, 0.3) is 0 Å².